The van der Waals surface area contributed by atoms with Gasteiger partial charge in [-0.2, -0.15) is 0 Å². The molecule has 126 valence electrons. The van der Waals surface area contributed by atoms with Crippen molar-refractivity contribution < 1.29 is 19.0 Å². The third-order valence-electron chi connectivity index (χ3n) is 4.11. The average Bonchev–Trinajstić information content (AvgIpc) is 3.07. The minimum atomic E-state index is -0.221. The molecule has 0 unspecified atom stereocenters. The van der Waals surface area contributed by atoms with Gasteiger partial charge in [-0.05, 0) is 54.7 Å². The van der Waals surface area contributed by atoms with E-state index in [1.807, 2.05) is 12.1 Å². The molecule has 0 aromatic heterocycles. The van der Waals surface area contributed by atoms with Crippen LogP contribution in [0.1, 0.15) is 17.5 Å². The number of methoxy groups -OCH3 is 2. The molecule has 5 nitrogen and oxygen atoms in total. The summed E-state index contributed by atoms with van der Waals surface area (Å²) < 4.78 is 16.1. The maximum absolute atomic E-state index is 12.2. The first-order chi connectivity index (χ1) is 11.7. The first-order valence-electron chi connectivity index (χ1n) is 7.96. The SMILES string of the molecule is COc1cccc(OC)c1OCC(=O)Nc1ccc2c(c1)CCC2. The molecular formula is C19H21NO4. The predicted molar refractivity (Wildman–Crippen MR) is 92.1 cm³/mol. The van der Waals surface area contributed by atoms with Gasteiger partial charge in [0.1, 0.15) is 0 Å². The van der Waals surface area contributed by atoms with Crippen molar-refractivity contribution in [3.8, 4) is 17.2 Å². The summed E-state index contributed by atoms with van der Waals surface area (Å²) in [5.41, 5.74) is 3.50. The molecule has 0 saturated carbocycles. The van der Waals surface area contributed by atoms with E-state index in [-0.39, 0.29) is 12.5 Å². The number of rotatable bonds is 6. The van der Waals surface area contributed by atoms with Gasteiger partial charge >= 0.3 is 0 Å². The standard InChI is InChI=1S/C19H21NO4/c1-22-16-7-4-8-17(23-2)19(16)24-12-18(21)20-15-10-9-13-5-3-6-14(13)11-15/h4,7-11H,3,5-6,12H2,1-2H3,(H,20,21). The van der Waals surface area contributed by atoms with Crippen molar-refractivity contribution in [3.05, 3.63) is 47.5 Å². The maximum atomic E-state index is 12.2. The fourth-order valence-electron chi connectivity index (χ4n) is 2.94. The zero-order valence-electron chi connectivity index (χ0n) is 13.9. The van der Waals surface area contributed by atoms with Crippen LogP contribution in [-0.4, -0.2) is 26.7 Å². The lowest BCUT2D eigenvalue weighted by Gasteiger charge is -2.14. The second-order valence-corrected chi connectivity index (χ2v) is 5.67. The Balaban J connectivity index is 1.64. The molecule has 2 aromatic rings. The van der Waals surface area contributed by atoms with Crippen LogP contribution in [0.4, 0.5) is 5.69 Å². The Bertz CT molecular complexity index is 720. The highest BCUT2D eigenvalue weighted by atomic mass is 16.5. The van der Waals surface area contributed by atoms with Crippen molar-refractivity contribution >= 4 is 11.6 Å². The van der Waals surface area contributed by atoms with Crippen molar-refractivity contribution in [2.45, 2.75) is 19.3 Å². The summed E-state index contributed by atoms with van der Waals surface area (Å²) in [5.74, 6) is 1.26. The molecule has 1 aliphatic rings. The minimum Gasteiger partial charge on any atom is -0.493 e. The van der Waals surface area contributed by atoms with Crippen LogP contribution in [-0.2, 0) is 17.6 Å². The fraction of sp³-hybridized carbons (Fsp3) is 0.316. The molecule has 0 atom stereocenters. The third-order valence-corrected chi connectivity index (χ3v) is 4.11. The Morgan fingerprint density at radius 1 is 1.04 bits per heavy atom. The number of carbonyl (C=O) groups excluding carboxylic acids is 1. The number of nitrogens with one attached hydrogen (secondary N) is 1. The summed E-state index contributed by atoms with van der Waals surface area (Å²) in [4.78, 5) is 12.2. The quantitative estimate of drug-likeness (QED) is 0.885. The maximum Gasteiger partial charge on any atom is 0.262 e. The van der Waals surface area contributed by atoms with Crippen LogP contribution in [0.25, 0.3) is 0 Å². The van der Waals surface area contributed by atoms with E-state index in [1.165, 1.54) is 17.5 Å². The summed E-state index contributed by atoms with van der Waals surface area (Å²) in [6.07, 6.45) is 3.39. The molecule has 0 heterocycles. The van der Waals surface area contributed by atoms with Gasteiger partial charge in [-0.25, -0.2) is 0 Å². The van der Waals surface area contributed by atoms with Gasteiger partial charge in [0, 0.05) is 5.69 Å². The molecule has 3 rings (SSSR count). The Morgan fingerprint density at radius 3 is 2.46 bits per heavy atom. The Labute approximate surface area is 141 Å². The van der Waals surface area contributed by atoms with Gasteiger partial charge in [-0.15, -0.1) is 0 Å². The number of hydrogen-bond donors (Lipinski definition) is 1. The van der Waals surface area contributed by atoms with Crippen molar-refractivity contribution in [2.75, 3.05) is 26.1 Å². The summed E-state index contributed by atoms with van der Waals surface area (Å²) in [6, 6.07) is 11.4. The Hall–Kier alpha value is -2.69. The number of fused-ring (bicyclic) bond motifs is 1. The molecule has 24 heavy (non-hydrogen) atoms. The van der Waals surface area contributed by atoms with Crippen molar-refractivity contribution in [1.82, 2.24) is 0 Å². The molecule has 0 aliphatic heterocycles. The van der Waals surface area contributed by atoms with Gasteiger partial charge in [0.2, 0.25) is 5.75 Å². The van der Waals surface area contributed by atoms with Crippen LogP contribution in [0.5, 0.6) is 17.2 Å². The Morgan fingerprint density at radius 2 is 1.75 bits per heavy atom. The molecule has 0 spiro atoms. The van der Waals surface area contributed by atoms with Crippen LogP contribution in [0.2, 0.25) is 0 Å². The monoisotopic (exact) mass is 327 g/mol. The number of amides is 1. The number of para-hydroxylation sites is 1. The molecule has 5 heteroatoms. The number of anilines is 1. The van der Waals surface area contributed by atoms with Gasteiger partial charge in [0.25, 0.3) is 5.91 Å². The van der Waals surface area contributed by atoms with Crippen molar-refractivity contribution in [2.24, 2.45) is 0 Å². The molecule has 0 saturated heterocycles. The Kier molecular flexibility index (Phi) is 4.89. The van der Waals surface area contributed by atoms with Gasteiger partial charge in [-0.1, -0.05) is 12.1 Å². The van der Waals surface area contributed by atoms with Crippen molar-refractivity contribution in [1.29, 1.82) is 0 Å². The summed E-state index contributed by atoms with van der Waals surface area (Å²) >= 11 is 0. The predicted octanol–water partition coefficient (Wildman–Crippen LogP) is 3.21. The van der Waals surface area contributed by atoms with Crippen LogP contribution in [0.15, 0.2) is 36.4 Å². The summed E-state index contributed by atoms with van der Waals surface area (Å²) in [5, 5.41) is 2.87. The first-order valence-corrected chi connectivity index (χ1v) is 7.96. The zero-order valence-corrected chi connectivity index (χ0v) is 13.9. The van der Waals surface area contributed by atoms with Gasteiger partial charge in [0.15, 0.2) is 18.1 Å². The van der Waals surface area contributed by atoms with Crippen LogP contribution in [0.3, 0.4) is 0 Å². The van der Waals surface area contributed by atoms with Crippen molar-refractivity contribution in [3.63, 3.8) is 0 Å². The highest BCUT2D eigenvalue weighted by Crippen LogP contribution is 2.36. The summed E-state index contributed by atoms with van der Waals surface area (Å²) in [7, 11) is 3.10. The molecule has 0 bridgehead atoms. The van der Waals surface area contributed by atoms with Gasteiger partial charge in [-0.3, -0.25) is 4.79 Å². The van der Waals surface area contributed by atoms with E-state index >= 15 is 0 Å². The molecule has 2 aromatic carbocycles. The molecule has 1 N–H and O–H groups in total. The van der Waals surface area contributed by atoms with E-state index in [0.717, 1.165) is 18.5 Å². The second kappa shape index (κ2) is 7.25. The van der Waals surface area contributed by atoms with Crippen LogP contribution < -0.4 is 19.5 Å². The van der Waals surface area contributed by atoms with E-state index in [2.05, 4.69) is 11.4 Å². The minimum absolute atomic E-state index is 0.117. The van der Waals surface area contributed by atoms with E-state index < -0.39 is 0 Å². The zero-order chi connectivity index (χ0) is 16.9. The van der Waals surface area contributed by atoms with E-state index in [0.29, 0.717) is 17.2 Å². The molecular weight excluding hydrogens is 306 g/mol. The largest absolute Gasteiger partial charge is 0.493 e. The lowest BCUT2D eigenvalue weighted by atomic mass is 10.1. The molecule has 1 aliphatic carbocycles. The normalized spacial score (nSPS) is 12.4. The van der Waals surface area contributed by atoms with E-state index in [4.69, 9.17) is 14.2 Å². The highest BCUT2D eigenvalue weighted by molar-refractivity contribution is 5.92. The average molecular weight is 327 g/mol. The lowest BCUT2D eigenvalue weighted by Crippen LogP contribution is -2.20. The molecule has 0 fully saturated rings. The topological polar surface area (TPSA) is 56.8 Å². The van der Waals surface area contributed by atoms with Gasteiger partial charge in [0.05, 0.1) is 14.2 Å². The van der Waals surface area contributed by atoms with Crippen LogP contribution >= 0.6 is 0 Å². The second-order valence-electron chi connectivity index (χ2n) is 5.67. The fourth-order valence-corrected chi connectivity index (χ4v) is 2.94. The third kappa shape index (κ3) is 3.45. The molecule has 1 amide bonds. The van der Waals surface area contributed by atoms with Crippen LogP contribution in [0, 0.1) is 0 Å². The number of hydrogen-bond acceptors (Lipinski definition) is 4. The lowest BCUT2D eigenvalue weighted by molar-refractivity contribution is -0.118. The number of ether oxygens (including phenoxy) is 3. The smallest absolute Gasteiger partial charge is 0.262 e. The summed E-state index contributed by atoms with van der Waals surface area (Å²) in [6.45, 7) is -0.117. The molecule has 0 radical (unpaired) electrons. The van der Waals surface area contributed by atoms with Gasteiger partial charge < -0.3 is 19.5 Å². The first kappa shape index (κ1) is 16.2. The van der Waals surface area contributed by atoms with E-state index in [1.54, 1.807) is 32.4 Å². The number of aryl methyl sites for hydroxylation is 2. The van der Waals surface area contributed by atoms with E-state index in [9.17, 15) is 4.79 Å². The number of carbonyl (C=O) groups is 1. The highest BCUT2D eigenvalue weighted by Gasteiger charge is 2.15. The number of benzene rings is 2.